The van der Waals surface area contributed by atoms with Gasteiger partial charge in [0.2, 0.25) is 17.6 Å². The van der Waals surface area contributed by atoms with E-state index >= 15 is 0 Å². The predicted molar refractivity (Wildman–Crippen MR) is 187 cm³/mol. The van der Waals surface area contributed by atoms with Crippen molar-refractivity contribution in [3.05, 3.63) is 0 Å². The molecule has 0 radical (unpaired) electrons. The second kappa shape index (κ2) is 15.2. The summed E-state index contributed by atoms with van der Waals surface area (Å²) in [6.45, 7) is 13.4. The van der Waals surface area contributed by atoms with E-state index in [-0.39, 0.29) is 53.1 Å². The van der Waals surface area contributed by atoms with Gasteiger partial charge in [0.25, 0.3) is 0 Å². The number of carbonyl (C=O) groups excluding carboxylic acids is 6. The number of Topliss-reactive ketones (excluding diaryl/α,β-unsaturated/α-hetero) is 3. The summed E-state index contributed by atoms with van der Waals surface area (Å²) >= 11 is 0. The van der Waals surface area contributed by atoms with Gasteiger partial charge in [-0.05, 0) is 79.4 Å². The minimum atomic E-state index is -0.897. The minimum absolute atomic E-state index is 0.0000112. The van der Waals surface area contributed by atoms with Gasteiger partial charge in [0.1, 0.15) is 6.04 Å². The first-order valence-corrected chi connectivity index (χ1v) is 19.3. The zero-order valence-corrected chi connectivity index (χ0v) is 31.0. The Labute approximate surface area is 293 Å². The molecule has 5 rings (SSSR count). The Morgan fingerprint density at radius 1 is 0.816 bits per heavy atom. The van der Waals surface area contributed by atoms with Gasteiger partial charge in [0.05, 0.1) is 12.1 Å². The van der Waals surface area contributed by atoms with E-state index in [1.807, 2.05) is 46.4 Å². The van der Waals surface area contributed by atoms with Gasteiger partial charge in [-0.25, -0.2) is 4.79 Å². The normalized spacial score (nSPS) is 26.4. The van der Waals surface area contributed by atoms with E-state index in [4.69, 9.17) is 0 Å². The van der Waals surface area contributed by atoms with E-state index in [9.17, 15) is 28.8 Å². The zero-order chi connectivity index (χ0) is 35.7. The molecule has 6 atom stereocenters. The second-order valence-corrected chi connectivity index (χ2v) is 18.3. The van der Waals surface area contributed by atoms with Gasteiger partial charge in [-0.1, -0.05) is 67.2 Å². The lowest BCUT2D eigenvalue weighted by Gasteiger charge is -2.39. The van der Waals surface area contributed by atoms with Crippen molar-refractivity contribution in [2.24, 2.45) is 40.4 Å². The lowest BCUT2D eigenvalue weighted by Crippen LogP contribution is -2.61. The predicted octanol–water partition coefficient (Wildman–Crippen LogP) is 5.46. The summed E-state index contributed by atoms with van der Waals surface area (Å²) < 4.78 is 0. The quantitative estimate of drug-likeness (QED) is 0.234. The molecule has 5 fully saturated rings. The van der Waals surface area contributed by atoms with E-state index in [2.05, 4.69) is 10.6 Å². The van der Waals surface area contributed by atoms with Crippen molar-refractivity contribution in [2.75, 3.05) is 19.6 Å². The molecule has 2 heterocycles. The Morgan fingerprint density at radius 2 is 1.51 bits per heavy atom. The van der Waals surface area contributed by atoms with E-state index in [1.165, 1.54) is 0 Å². The fourth-order valence-electron chi connectivity index (χ4n) is 8.59. The van der Waals surface area contributed by atoms with Gasteiger partial charge in [0.15, 0.2) is 11.6 Å². The van der Waals surface area contributed by atoms with Crippen LogP contribution < -0.4 is 10.6 Å². The molecule has 0 aromatic carbocycles. The minimum Gasteiger partial charge on any atom is -0.341 e. The Balaban J connectivity index is 1.31. The smallest absolute Gasteiger partial charge is 0.315 e. The first-order chi connectivity index (χ1) is 23.0. The second-order valence-electron chi connectivity index (χ2n) is 18.3. The summed E-state index contributed by atoms with van der Waals surface area (Å²) in [5.41, 5.74) is -0.995. The third-order valence-electron chi connectivity index (χ3n) is 12.2. The van der Waals surface area contributed by atoms with Crippen LogP contribution >= 0.6 is 0 Å². The van der Waals surface area contributed by atoms with Crippen LogP contribution in [0.25, 0.3) is 0 Å². The first-order valence-electron chi connectivity index (χ1n) is 19.3. The molecule has 2 saturated heterocycles. The summed E-state index contributed by atoms with van der Waals surface area (Å²) in [6.07, 6.45) is 11.2. The fraction of sp³-hybridized carbons (Fsp3) is 0.846. The number of likely N-dealkylation sites (tertiary alicyclic amines) is 2. The van der Waals surface area contributed by atoms with Crippen LogP contribution in [0.3, 0.4) is 0 Å². The number of hydrogen-bond donors (Lipinski definition) is 2. The highest BCUT2D eigenvalue weighted by molar-refractivity contribution is 6.38. The van der Waals surface area contributed by atoms with E-state index < -0.39 is 35.2 Å². The maximum atomic E-state index is 14.6. The molecule has 0 spiro atoms. The van der Waals surface area contributed by atoms with Crippen molar-refractivity contribution >= 4 is 35.2 Å². The standard InChI is InChI=1S/C39H62N4O6/c1-38(2,3)31(23-42-18-8-7-15-32(42)46)40-37(49)41-35(39(4,5)6)36(48)43-22-26-13-10-14-28(26)33(43)29(44)21-27(19-24-11-9-12-24)34(47)30(45)20-25-16-17-25/h24-28,31,33,35H,7-23H2,1-6H3,(H2,40,41,49)/t26-,27?,28-,31+,33-,35+/m0/s1. The third kappa shape index (κ3) is 9.32. The number of ketones is 3. The molecule has 5 aliphatic rings. The number of nitrogens with zero attached hydrogens (tertiary/aromatic N) is 2. The Hall–Kier alpha value is -2.78. The van der Waals surface area contributed by atoms with Crippen LogP contribution in [0.2, 0.25) is 0 Å². The zero-order valence-electron chi connectivity index (χ0n) is 31.0. The lowest BCUT2D eigenvalue weighted by atomic mass is 9.75. The van der Waals surface area contributed by atoms with Crippen LogP contribution in [0, 0.1) is 40.4 Å². The largest absolute Gasteiger partial charge is 0.341 e. The summed E-state index contributed by atoms with van der Waals surface area (Å²) in [5.74, 6) is -0.726. The maximum Gasteiger partial charge on any atom is 0.315 e. The Bertz CT molecular complexity index is 1270. The number of fused-ring (bicyclic) bond motifs is 1. The molecule has 4 amide bonds. The third-order valence-corrected chi connectivity index (χ3v) is 12.2. The SMILES string of the molecule is CC(C)(C)[C@H](NC(=O)N[C@H](CN1CCCCC1=O)C(C)(C)C)C(=O)N1C[C@@H]2CCC[C@@H]2[C@H]1C(=O)CC(CC1CCC1)C(=O)C(=O)CC1CC1. The number of urea groups is 1. The number of nitrogens with one attached hydrogen (secondary N) is 2. The summed E-state index contributed by atoms with van der Waals surface area (Å²) in [6, 6.07) is -2.36. The monoisotopic (exact) mass is 682 g/mol. The molecule has 10 nitrogen and oxygen atoms in total. The lowest BCUT2D eigenvalue weighted by molar-refractivity contribution is -0.144. The van der Waals surface area contributed by atoms with Gasteiger partial charge in [-0.15, -0.1) is 0 Å². The van der Waals surface area contributed by atoms with Crippen molar-refractivity contribution in [1.82, 2.24) is 20.4 Å². The van der Waals surface area contributed by atoms with Crippen molar-refractivity contribution in [1.29, 1.82) is 0 Å². The number of rotatable bonds is 14. The number of hydrogen-bond acceptors (Lipinski definition) is 6. The molecule has 3 saturated carbocycles. The van der Waals surface area contributed by atoms with Crippen LogP contribution in [-0.4, -0.2) is 82.8 Å². The van der Waals surface area contributed by atoms with Crippen LogP contribution in [-0.2, 0) is 24.0 Å². The van der Waals surface area contributed by atoms with E-state index in [0.29, 0.717) is 50.7 Å². The summed E-state index contributed by atoms with van der Waals surface area (Å²) in [4.78, 5) is 85.1. The van der Waals surface area contributed by atoms with Crippen LogP contribution in [0.4, 0.5) is 4.79 Å². The molecule has 49 heavy (non-hydrogen) atoms. The Kier molecular flexibility index (Phi) is 11.6. The van der Waals surface area contributed by atoms with Crippen molar-refractivity contribution in [3.8, 4) is 0 Å². The van der Waals surface area contributed by atoms with E-state index in [0.717, 1.165) is 64.2 Å². The highest BCUT2D eigenvalue weighted by Crippen LogP contribution is 2.45. The van der Waals surface area contributed by atoms with E-state index in [1.54, 1.807) is 4.90 Å². The molecule has 10 heteroatoms. The molecule has 0 aromatic rings. The number of carbonyl (C=O) groups is 6. The summed E-state index contributed by atoms with van der Waals surface area (Å²) in [7, 11) is 0. The molecule has 2 N–H and O–H groups in total. The average Bonchev–Trinajstić information content (AvgIpc) is 3.56. The van der Waals surface area contributed by atoms with Gasteiger partial charge in [-0.3, -0.25) is 24.0 Å². The van der Waals surface area contributed by atoms with Gasteiger partial charge < -0.3 is 20.4 Å². The number of piperidine rings is 1. The molecule has 0 bridgehead atoms. The molecule has 0 aromatic heterocycles. The highest BCUT2D eigenvalue weighted by Gasteiger charge is 2.52. The molecular formula is C39H62N4O6. The first kappa shape index (κ1) is 37.5. The van der Waals surface area contributed by atoms with Crippen molar-refractivity contribution in [3.63, 3.8) is 0 Å². The average molecular weight is 683 g/mol. The fourth-order valence-corrected chi connectivity index (χ4v) is 8.59. The van der Waals surface area contributed by atoms with Crippen LogP contribution in [0.5, 0.6) is 0 Å². The summed E-state index contributed by atoms with van der Waals surface area (Å²) in [5, 5.41) is 6.09. The molecule has 1 unspecified atom stereocenters. The van der Waals surface area contributed by atoms with Gasteiger partial charge in [0, 0.05) is 44.8 Å². The highest BCUT2D eigenvalue weighted by atomic mass is 16.2. The van der Waals surface area contributed by atoms with Crippen LogP contribution in [0.1, 0.15) is 131 Å². The Morgan fingerprint density at radius 3 is 2.10 bits per heavy atom. The topological polar surface area (TPSA) is 133 Å². The number of amides is 4. The van der Waals surface area contributed by atoms with Crippen LogP contribution in [0.15, 0.2) is 0 Å². The van der Waals surface area contributed by atoms with Gasteiger partial charge >= 0.3 is 6.03 Å². The molecule has 2 aliphatic heterocycles. The van der Waals surface area contributed by atoms with Crippen molar-refractivity contribution in [2.45, 2.75) is 150 Å². The van der Waals surface area contributed by atoms with Crippen molar-refractivity contribution < 1.29 is 28.8 Å². The molecule has 274 valence electrons. The molecular weight excluding hydrogens is 620 g/mol. The molecule has 3 aliphatic carbocycles. The van der Waals surface area contributed by atoms with Gasteiger partial charge in [-0.2, -0.15) is 0 Å². The maximum absolute atomic E-state index is 14.6.